The van der Waals surface area contributed by atoms with Gasteiger partial charge in [0, 0.05) is 38.1 Å². The van der Waals surface area contributed by atoms with E-state index in [1.54, 1.807) is 4.90 Å². The second-order valence-electron chi connectivity index (χ2n) is 8.85. The number of rotatable bonds is 5. The Balaban J connectivity index is 1.44. The molecule has 3 fully saturated rings. The Morgan fingerprint density at radius 1 is 1.24 bits per heavy atom. The van der Waals surface area contributed by atoms with Crippen molar-refractivity contribution in [3.63, 3.8) is 0 Å². The predicted molar refractivity (Wildman–Crippen MR) is 119 cm³/mol. The van der Waals surface area contributed by atoms with Crippen LogP contribution >= 0.6 is 0 Å². The van der Waals surface area contributed by atoms with Crippen LogP contribution in [0.2, 0.25) is 0 Å². The number of methoxy groups -OCH3 is 1. The van der Waals surface area contributed by atoms with Crippen molar-refractivity contribution in [1.29, 1.82) is 0 Å². The Morgan fingerprint density at radius 3 is 2.56 bits per heavy atom. The molecule has 1 aromatic rings. The van der Waals surface area contributed by atoms with Gasteiger partial charge in [-0.25, -0.2) is 13.2 Å². The van der Waals surface area contributed by atoms with Crippen molar-refractivity contribution in [2.45, 2.75) is 50.5 Å². The van der Waals surface area contributed by atoms with Crippen LogP contribution in [-0.4, -0.2) is 59.7 Å². The molecule has 0 saturated carbocycles. The summed E-state index contributed by atoms with van der Waals surface area (Å²) in [4.78, 5) is 29.4. The summed E-state index contributed by atoms with van der Waals surface area (Å²) in [6, 6.07) is 3.63. The number of carbonyl (C=O) groups is 2. The molecule has 0 radical (unpaired) electrons. The van der Waals surface area contributed by atoms with Crippen molar-refractivity contribution in [2.75, 3.05) is 20.2 Å². The van der Waals surface area contributed by atoms with Gasteiger partial charge in [0.1, 0.15) is 23.6 Å². The molecule has 0 bridgehead atoms. The molecule has 2 atom stereocenters. The van der Waals surface area contributed by atoms with Crippen molar-refractivity contribution in [3.8, 4) is 5.75 Å². The number of halogens is 3. The van der Waals surface area contributed by atoms with Gasteiger partial charge in [-0.3, -0.25) is 9.59 Å². The number of hydrogen-bond donors (Lipinski definition) is 0. The van der Waals surface area contributed by atoms with Gasteiger partial charge in [-0.1, -0.05) is 6.58 Å². The van der Waals surface area contributed by atoms with Gasteiger partial charge in [-0.05, 0) is 43.5 Å². The molecule has 182 valence electrons. The number of amides is 2. The number of benzene rings is 1. The molecule has 2 amide bonds. The van der Waals surface area contributed by atoms with Crippen molar-refractivity contribution >= 4 is 11.8 Å². The van der Waals surface area contributed by atoms with Crippen LogP contribution in [0, 0.1) is 5.82 Å². The average Bonchev–Trinajstić information content (AvgIpc) is 3.31. The molecule has 9 heteroatoms. The number of carbonyl (C=O) groups excluding carboxylic acids is 2. The van der Waals surface area contributed by atoms with E-state index in [1.165, 1.54) is 24.1 Å². The van der Waals surface area contributed by atoms with Gasteiger partial charge >= 0.3 is 0 Å². The third-order valence-corrected chi connectivity index (χ3v) is 6.67. The Hall–Kier alpha value is -3.07. The molecule has 3 saturated heterocycles. The van der Waals surface area contributed by atoms with E-state index in [0.717, 1.165) is 25.1 Å². The number of nitrogens with zero attached hydrogens (tertiary/aromatic N) is 2. The maximum Gasteiger partial charge on any atom is 0.257 e. The van der Waals surface area contributed by atoms with Crippen LogP contribution in [0.25, 0.3) is 0 Å². The van der Waals surface area contributed by atoms with E-state index in [9.17, 15) is 22.8 Å². The normalized spacial score (nSPS) is 24.6. The van der Waals surface area contributed by atoms with E-state index in [0.29, 0.717) is 24.2 Å². The molecule has 0 aliphatic carbocycles. The lowest BCUT2D eigenvalue weighted by atomic mass is 9.89. The summed E-state index contributed by atoms with van der Waals surface area (Å²) in [6.45, 7) is 5.50. The lowest BCUT2D eigenvalue weighted by Gasteiger charge is -2.37. The minimum absolute atomic E-state index is 0.0567. The smallest absolute Gasteiger partial charge is 0.257 e. The fourth-order valence-corrected chi connectivity index (χ4v) is 4.95. The second-order valence-corrected chi connectivity index (χ2v) is 8.85. The molecule has 0 aromatic heterocycles. The number of fused-ring (bicyclic) bond motifs is 1. The summed E-state index contributed by atoms with van der Waals surface area (Å²) in [5.74, 6) is -2.45. The van der Waals surface area contributed by atoms with Crippen molar-refractivity contribution in [2.24, 2.45) is 0 Å². The van der Waals surface area contributed by atoms with Gasteiger partial charge in [-0.2, -0.15) is 0 Å². The van der Waals surface area contributed by atoms with E-state index >= 15 is 0 Å². The summed E-state index contributed by atoms with van der Waals surface area (Å²) in [7, 11) is 1.42. The monoisotopic (exact) mass is 476 g/mol. The molecule has 4 rings (SSSR count). The zero-order valence-electron chi connectivity index (χ0n) is 19.2. The van der Waals surface area contributed by atoms with E-state index in [4.69, 9.17) is 9.47 Å². The SMILES string of the molecule is C=C(/C=C(F)\C=C(/C)F)[C@@H]1CC[C@H]2OC3(CCN(C(=O)c4ccc(OC)cc4F)CC3)C(=O)N21. The molecule has 0 unspecified atom stereocenters. The van der Waals surface area contributed by atoms with Gasteiger partial charge in [-0.15, -0.1) is 0 Å². The van der Waals surface area contributed by atoms with Gasteiger partial charge in [0.25, 0.3) is 11.8 Å². The first-order valence-electron chi connectivity index (χ1n) is 11.2. The van der Waals surface area contributed by atoms with Crippen molar-refractivity contribution < 1.29 is 32.2 Å². The summed E-state index contributed by atoms with van der Waals surface area (Å²) < 4.78 is 52.4. The summed E-state index contributed by atoms with van der Waals surface area (Å²) in [5.41, 5.74) is -0.760. The molecule has 6 nitrogen and oxygen atoms in total. The van der Waals surface area contributed by atoms with Crippen LogP contribution in [-0.2, 0) is 9.53 Å². The maximum absolute atomic E-state index is 14.4. The van der Waals surface area contributed by atoms with Gasteiger partial charge in [0.05, 0.1) is 24.5 Å². The largest absolute Gasteiger partial charge is 0.497 e. The number of likely N-dealkylation sites (tertiary alicyclic amines) is 1. The Labute approximate surface area is 196 Å². The number of ether oxygens (including phenoxy) is 2. The van der Waals surface area contributed by atoms with Crippen molar-refractivity contribution in [1.82, 2.24) is 9.80 Å². The minimum Gasteiger partial charge on any atom is -0.497 e. The summed E-state index contributed by atoms with van der Waals surface area (Å²) in [5, 5.41) is 0. The molecule has 1 spiro atoms. The van der Waals surface area contributed by atoms with Crippen molar-refractivity contribution in [3.05, 3.63) is 65.5 Å². The lowest BCUT2D eigenvalue weighted by molar-refractivity contribution is -0.142. The maximum atomic E-state index is 14.4. The average molecular weight is 476 g/mol. The molecule has 3 aliphatic rings. The molecule has 34 heavy (non-hydrogen) atoms. The van der Waals surface area contributed by atoms with E-state index < -0.39 is 41.2 Å². The Kier molecular flexibility index (Phi) is 6.58. The van der Waals surface area contributed by atoms with Crippen LogP contribution in [0.5, 0.6) is 5.75 Å². The molecule has 3 heterocycles. The molecule has 0 N–H and O–H groups in total. The Bertz CT molecular complexity index is 1070. The first kappa shape index (κ1) is 24.1. The summed E-state index contributed by atoms with van der Waals surface area (Å²) >= 11 is 0. The highest BCUT2D eigenvalue weighted by Gasteiger charge is 2.58. The van der Waals surface area contributed by atoms with Crippen LogP contribution in [0.4, 0.5) is 13.2 Å². The minimum atomic E-state index is -1.07. The van der Waals surface area contributed by atoms with Crippen LogP contribution in [0.3, 0.4) is 0 Å². The third-order valence-electron chi connectivity index (χ3n) is 6.67. The molecular formula is C25H27F3N2O4. The summed E-state index contributed by atoms with van der Waals surface area (Å²) in [6.07, 6.45) is 3.13. The van der Waals surface area contributed by atoms with Gasteiger partial charge < -0.3 is 19.3 Å². The quantitative estimate of drug-likeness (QED) is 0.590. The van der Waals surface area contributed by atoms with E-state index in [2.05, 4.69) is 6.58 Å². The fourth-order valence-electron chi connectivity index (χ4n) is 4.95. The lowest BCUT2D eigenvalue weighted by Crippen LogP contribution is -2.52. The van der Waals surface area contributed by atoms with Gasteiger partial charge in [0.15, 0.2) is 5.60 Å². The highest BCUT2D eigenvalue weighted by Crippen LogP contribution is 2.44. The standard InChI is InChI=1S/C25H27F3N2O4/c1-15(12-17(27)13-16(2)26)21-6-7-22-30(21)24(32)25(34-22)8-10-29(11-9-25)23(31)19-5-4-18(33-3)14-20(19)28/h4-5,12-14,21-22H,1,6-11H2,2-3H3/b16-13+,17-12+/t21-,22+/m0/s1. The zero-order chi connectivity index (χ0) is 24.6. The number of piperidine rings is 1. The topological polar surface area (TPSA) is 59.1 Å². The number of allylic oxidation sites excluding steroid dienone is 3. The number of hydrogen-bond acceptors (Lipinski definition) is 4. The van der Waals surface area contributed by atoms with Crippen LogP contribution < -0.4 is 4.74 Å². The highest BCUT2D eigenvalue weighted by molar-refractivity contribution is 5.95. The third kappa shape index (κ3) is 4.36. The first-order valence-corrected chi connectivity index (χ1v) is 11.2. The first-order chi connectivity index (χ1) is 16.1. The zero-order valence-corrected chi connectivity index (χ0v) is 19.2. The highest BCUT2D eigenvalue weighted by atomic mass is 19.1. The van der Waals surface area contributed by atoms with Gasteiger partial charge in [0.2, 0.25) is 0 Å². The van der Waals surface area contributed by atoms with E-state index in [-0.39, 0.29) is 37.4 Å². The fraction of sp³-hybridized carbons (Fsp3) is 0.440. The second kappa shape index (κ2) is 9.29. The molecular weight excluding hydrogens is 449 g/mol. The van der Waals surface area contributed by atoms with Crippen LogP contribution in [0.1, 0.15) is 43.0 Å². The molecule has 1 aromatic carbocycles. The molecule has 3 aliphatic heterocycles. The Morgan fingerprint density at radius 2 is 1.94 bits per heavy atom. The predicted octanol–water partition coefficient (Wildman–Crippen LogP) is 4.44. The van der Waals surface area contributed by atoms with Crippen LogP contribution in [0.15, 0.2) is 54.2 Å². The van der Waals surface area contributed by atoms with E-state index in [1.807, 2.05) is 0 Å².